The van der Waals surface area contributed by atoms with Crippen LogP contribution < -0.4 is 14.2 Å². The van der Waals surface area contributed by atoms with Gasteiger partial charge in [-0.2, -0.15) is 4.31 Å². The summed E-state index contributed by atoms with van der Waals surface area (Å²) in [4.78, 5) is 2.53. The molecule has 9 nitrogen and oxygen atoms in total. The zero-order valence-corrected chi connectivity index (χ0v) is 20.7. The fourth-order valence-corrected chi connectivity index (χ4v) is 8.32. The van der Waals surface area contributed by atoms with Crippen molar-refractivity contribution in [3.05, 3.63) is 23.3 Å². The van der Waals surface area contributed by atoms with Crippen LogP contribution in [-0.4, -0.2) is 77.1 Å². The Hall–Kier alpha value is -1.40. The molecule has 1 aromatic rings. The van der Waals surface area contributed by atoms with Crippen molar-refractivity contribution in [3.63, 3.8) is 0 Å². The van der Waals surface area contributed by atoms with Crippen molar-refractivity contribution >= 4 is 20.0 Å². The van der Waals surface area contributed by atoms with E-state index in [1.807, 2.05) is 0 Å². The highest BCUT2D eigenvalue weighted by Crippen LogP contribution is 2.46. The average Bonchev–Trinajstić information content (AvgIpc) is 3.22. The lowest BCUT2D eigenvalue weighted by Crippen LogP contribution is -2.57. The molecular formula is C22H33N3O6S2. The fourth-order valence-electron chi connectivity index (χ4n) is 5.92. The van der Waals surface area contributed by atoms with E-state index in [4.69, 9.17) is 9.47 Å². The summed E-state index contributed by atoms with van der Waals surface area (Å²) >= 11 is 0. The molecule has 11 heteroatoms. The minimum atomic E-state index is -3.40. The van der Waals surface area contributed by atoms with E-state index in [0.29, 0.717) is 25.3 Å². The van der Waals surface area contributed by atoms with Gasteiger partial charge in [-0.25, -0.2) is 21.6 Å². The van der Waals surface area contributed by atoms with Gasteiger partial charge in [-0.15, -0.1) is 0 Å². The van der Waals surface area contributed by atoms with E-state index in [0.717, 1.165) is 56.5 Å². The first-order chi connectivity index (χ1) is 15.7. The Balaban J connectivity index is 1.30. The highest BCUT2D eigenvalue weighted by Gasteiger charge is 2.46. The minimum Gasteiger partial charge on any atom is -0.454 e. The summed E-state index contributed by atoms with van der Waals surface area (Å²) in [6, 6.07) is 4.40. The molecule has 4 aliphatic rings. The van der Waals surface area contributed by atoms with Gasteiger partial charge in [0.1, 0.15) is 0 Å². The Morgan fingerprint density at radius 1 is 1.09 bits per heavy atom. The van der Waals surface area contributed by atoms with Crippen LogP contribution in [0.3, 0.4) is 0 Å². The number of nitrogens with zero attached hydrogens (tertiary/aromatic N) is 2. The van der Waals surface area contributed by atoms with Crippen LogP contribution in [0.2, 0.25) is 0 Å². The van der Waals surface area contributed by atoms with Gasteiger partial charge in [0, 0.05) is 38.3 Å². The molecule has 3 atom stereocenters. The number of fused-ring (bicyclic) bond motifs is 5. The van der Waals surface area contributed by atoms with Gasteiger partial charge in [0.15, 0.2) is 11.5 Å². The number of unbranched alkanes of at least 4 members (excludes halogenated alkanes) is 1. The van der Waals surface area contributed by atoms with Crippen LogP contribution in [0.5, 0.6) is 11.5 Å². The van der Waals surface area contributed by atoms with Gasteiger partial charge in [-0.3, -0.25) is 4.90 Å². The van der Waals surface area contributed by atoms with Crippen LogP contribution >= 0.6 is 0 Å². The Labute approximate surface area is 196 Å². The first-order valence-corrected chi connectivity index (χ1v) is 15.3. The molecule has 0 radical (unpaired) electrons. The quantitative estimate of drug-likeness (QED) is 0.566. The van der Waals surface area contributed by atoms with Crippen LogP contribution in [0, 0.1) is 5.92 Å². The Kier molecular flexibility index (Phi) is 6.36. The third kappa shape index (κ3) is 4.88. The monoisotopic (exact) mass is 499 g/mol. The van der Waals surface area contributed by atoms with E-state index in [9.17, 15) is 16.8 Å². The van der Waals surface area contributed by atoms with Crippen molar-refractivity contribution in [1.29, 1.82) is 0 Å². The summed E-state index contributed by atoms with van der Waals surface area (Å²) in [5.74, 6) is 2.01. The number of hydrogen-bond donors (Lipinski definition) is 1. The first-order valence-electron chi connectivity index (χ1n) is 11.8. The second-order valence-corrected chi connectivity index (χ2v) is 13.5. The third-order valence-electron chi connectivity index (χ3n) is 7.45. The molecule has 4 aliphatic heterocycles. The summed E-state index contributed by atoms with van der Waals surface area (Å²) in [7, 11) is -6.65. The number of hydrogen-bond acceptors (Lipinski definition) is 7. The first kappa shape index (κ1) is 23.3. The lowest BCUT2D eigenvalue weighted by molar-refractivity contribution is 0.0219. The number of sulfonamides is 2. The number of rotatable bonds is 7. The third-order valence-corrected chi connectivity index (χ3v) is 10.2. The standard InChI is InChI=1S/C22H33N3O6S2/c1-32(26,27)23-7-2-3-10-33(28,29)25-8-4-5-17-14-24-9-6-16-11-21-22(31-15-30-21)12-18(16)20(24)13-19(17)25/h11-12,17,19-20,23H,2-10,13-15H2,1H3/t17-,19+,20+/m1/s1. The summed E-state index contributed by atoms with van der Waals surface area (Å²) < 4.78 is 64.4. The second kappa shape index (κ2) is 8.99. The van der Waals surface area contributed by atoms with Gasteiger partial charge in [0.2, 0.25) is 26.8 Å². The molecule has 2 saturated heterocycles. The molecule has 0 saturated carbocycles. The van der Waals surface area contributed by atoms with Crippen LogP contribution in [0.15, 0.2) is 12.1 Å². The number of piperidine rings is 2. The van der Waals surface area contributed by atoms with E-state index in [-0.39, 0.29) is 31.2 Å². The van der Waals surface area contributed by atoms with Crippen molar-refractivity contribution in [2.75, 3.05) is 45.0 Å². The normalized spacial score (nSPS) is 27.6. The zero-order valence-electron chi connectivity index (χ0n) is 19.0. The summed E-state index contributed by atoms with van der Waals surface area (Å²) in [5.41, 5.74) is 2.53. The molecule has 0 bridgehead atoms. The fraction of sp³-hybridized carbons (Fsp3) is 0.727. The second-order valence-electron chi connectivity index (χ2n) is 9.67. The van der Waals surface area contributed by atoms with E-state index in [1.165, 1.54) is 11.1 Å². The molecule has 0 aliphatic carbocycles. The SMILES string of the molecule is CS(=O)(=O)NCCCCS(=O)(=O)N1CCC[C@@H]2CN3CCc4cc5c(cc4[C@@H]3C[C@@H]21)OCO5. The molecular weight excluding hydrogens is 466 g/mol. The maximum absolute atomic E-state index is 13.3. The maximum Gasteiger partial charge on any atom is 0.231 e. The van der Waals surface area contributed by atoms with Crippen molar-refractivity contribution in [3.8, 4) is 11.5 Å². The molecule has 0 aromatic heterocycles. The van der Waals surface area contributed by atoms with Gasteiger partial charge < -0.3 is 9.47 Å². The predicted molar refractivity (Wildman–Crippen MR) is 124 cm³/mol. The molecule has 0 unspecified atom stereocenters. The molecule has 0 spiro atoms. The van der Waals surface area contributed by atoms with E-state index in [1.54, 1.807) is 4.31 Å². The molecule has 0 amide bonds. The summed E-state index contributed by atoms with van der Waals surface area (Å²) in [6.07, 6.45) is 5.79. The molecule has 33 heavy (non-hydrogen) atoms. The molecule has 5 rings (SSSR count). The molecule has 1 aromatic carbocycles. The largest absolute Gasteiger partial charge is 0.454 e. The maximum atomic E-state index is 13.3. The van der Waals surface area contributed by atoms with Gasteiger partial charge in [0.25, 0.3) is 0 Å². The Bertz CT molecular complexity index is 1110. The van der Waals surface area contributed by atoms with Crippen LogP contribution in [0.1, 0.15) is 49.3 Å². The number of benzene rings is 1. The van der Waals surface area contributed by atoms with Crippen molar-refractivity contribution in [2.45, 2.75) is 50.6 Å². The molecule has 4 heterocycles. The average molecular weight is 500 g/mol. The summed E-state index contributed by atoms with van der Waals surface area (Å²) in [6.45, 7) is 3.01. The van der Waals surface area contributed by atoms with E-state index in [2.05, 4.69) is 21.8 Å². The zero-order chi connectivity index (χ0) is 23.2. The smallest absolute Gasteiger partial charge is 0.231 e. The van der Waals surface area contributed by atoms with Crippen molar-refractivity contribution in [2.24, 2.45) is 5.92 Å². The minimum absolute atomic E-state index is 0.00974. The molecule has 184 valence electrons. The van der Waals surface area contributed by atoms with Gasteiger partial charge >= 0.3 is 0 Å². The van der Waals surface area contributed by atoms with E-state index < -0.39 is 20.0 Å². The Morgan fingerprint density at radius 3 is 2.67 bits per heavy atom. The van der Waals surface area contributed by atoms with Gasteiger partial charge in [-0.05, 0) is 67.7 Å². The topological polar surface area (TPSA) is 105 Å². The number of nitrogens with one attached hydrogen (secondary N) is 1. The van der Waals surface area contributed by atoms with Crippen LogP contribution in [-0.2, 0) is 26.5 Å². The number of ether oxygens (including phenoxy) is 2. The molecule has 1 N–H and O–H groups in total. The Morgan fingerprint density at radius 2 is 1.88 bits per heavy atom. The van der Waals surface area contributed by atoms with Crippen LogP contribution in [0.25, 0.3) is 0 Å². The lowest BCUT2D eigenvalue weighted by atomic mass is 9.77. The highest BCUT2D eigenvalue weighted by atomic mass is 32.2. The van der Waals surface area contributed by atoms with Crippen LogP contribution in [0.4, 0.5) is 0 Å². The van der Waals surface area contributed by atoms with Crippen molar-refractivity contribution in [1.82, 2.24) is 13.9 Å². The highest BCUT2D eigenvalue weighted by molar-refractivity contribution is 7.89. The summed E-state index contributed by atoms with van der Waals surface area (Å²) in [5, 5.41) is 0. The molecule has 2 fully saturated rings. The lowest BCUT2D eigenvalue weighted by Gasteiger charge is -2.51. The predicted octanol–water partition coefficient (Wildman–Crippen LogP) is 1.46. The van der Waals surface area contributed by atoms with Crippen molar-refractivity contribution < 1.29 is 26.3 Å². The van der Waals surface area contributed by atoms with Gasteiger partial charge in [-0.1, -0.05) is 0 Å². The van der Waals surface area contributed by atoms with Gasteiger partial charge in [0.05, 0.1) is 12.0 Å². The van der Waals surface area contributed by atoms with E-state index >= 15 is 0 Å².